The van der Waals surface area contributed by atoms with Crippen LogP contribution in [0, 0.1) is 0 Å². The number of rotatable bonds is 2. The third-order valence-electron chi connectivity index (χ3n) is 4.37. The van der Waals surface area contributed by atoms with E-state index < -0.39 is 19.7 Å². The number of halogens is 3. The molecule has 0 unspecified atom stereocenters. The number of benzene rings is 1. The number of carbonyl (C=O) groups excluding carboxylic acids is 1. The van der Waals surface area contributed by atoms with Crippen molar-refractivity contribution in [3.63, 3.8) is 0 Å². The summed E-state index contributed by atoms with van der Waals surface area (Å²) in [5, 5.41) is 0. The quantitative estimate of drug-likeness (QED) is 0.656. The number of alkyl halides is 3. The van der Waals surface area contributed by atoms with E-state index in [1.807, 2.05) is 6.92 Å². The van der Waals surface area contributed by atoms with E-state index in [1.165, 1.54) is 4.90 Å². The lowest BCUT2D eigenvalue weighted by Crippen LogP contribution is -2.38. The molecular weight excluding hydrogens is 425 g/mol. The molecule has 1 aromatic rings. The third-order valence-corrected chi connectivity index (χ3v) is 6.49. The Morgan fingerprint density at radius 1 is 1.35 bits per heavy atom. The highest BCUT2D eigenvalue weighted by molar-refractivity contribution is 7.91. The van der Waals surface area contributed by atoms with Crippen LogP contribution in [0.5, 0.6) is 5.75 Å². The molecule has 1 aromatic carbocycles. The molecule has 1 atom stereocenters. The van der Waals surface area contributed by atoms with E-state index >= 15 is 0 Å². The molecule has 0 aliphatic carbocycles. The number of hydrogen-bond donors (Lipinski definition) is 0. The minimum atomic E-state index is -3.26. The van der Waals surface area contributed by atoms with Crippen LogP contribution >= 0.6 is 34.8 Å². The van der Waals surface area contributed by atoms with Crippen LogP contribution in [0.1, 0.15) is 24.5 Å². The molecule has 6 nitrogen and oxygen atoms in total. The van der Waals surface area contributed by atoms with E-state index in [-0.39, 0.29) is 25.0 Å². The number of aryl methyl sites for hydroxylation is 1. The second-order valence-electron chi connectivity index (χ2n) is 6.33. The van der Waals surface area contributed by atoms with Gasteiger partial charge in [0.2, 0.25) is 3.79 Å². The van der Waals surface area contributed by atoms with E-state index in [9.17, 15) is 13.2 Å². The average Bonchev–Trinajstić information content (AvgIpc) is 2.75. The molecule has 2 aliphatic heterocycles. The zero-order valence-electron chi connectivity index (χ0n) is 14.0. The Balaban J connectivity index is 1.88. The lowest BCUT2D eigenvalue weighted by molar-refractivity contribution is 0.0848. The fourth-order valence-corrected chi connectivity index (χ4v) is 4.77. The summed E-state index contributed by atoms with van der Waals surface area (Å²) in [5.74, 6) is 0.579. The summed E-state index contributed by atoms with van der Waals surface area (Å²) in [5.41, 5.74) is 1.49. The summed E-state index contributed by atoms with van der Waals surface area (Å²) in [4.78, 5) is 14.2. The van der Waals surface area contributed by atoms with Crippen LogP contribution in [-0.2, 0) is 27.5 Å². The van der Waals surface area contributed by atoms with Crippen molar-refractivity contribution in [2.24, 2.45) is 0 Å². The first-order valence-electron chi connectivity index (χ1n) is 8.12. The first kappa shape index (κ1) is 19.9. The van der Waals surface area contributed by atoms with Crippen molar-refractivity contribution in [1.82, 2.24) is 4.90 Å². The van der Waals surface area contributed by atoms with Crippen molar-refractivity contribution < 1.29 is 22.7 Å². The van der Waals surface area contributed by atoms with Gasteiger partial charge in [0.25, 0.3) is 0 Å². The van der Waals surface area contributed by atoms with Crippen LogP contribution in [0.3, 0.4) is 0 Å². The van der Waals surface area contributed by atoms with E-state index in [0.717, 1.165) is 11.1 Å². The van der Waals surface area contributed by atoms with Gasteiger partial charge in [-0.15, -0.1) is 0 Å². The van der Waals surface area contributed by atoms with Crippen molar-refractivity contribution in [2.45, 2.75) is 41.1 Å². The molecule has 0 N–H and O–H groups in total. The molecule has 0 bridgehead atoms. The Hall–Kier alpha value is -0.890. The Morgan fingerprint density at radius 2 is 2.08 bits per heavy atom. The van der Waals surface area contributed by atoms with Gasteiger partial charge in [-0.1, -0.05) is 41.7 Å². The molecule has 0 saturated carbocycles. The Morgan fingerprint density at radius 3 is 2.73 bits per heavy atom. The topological polar surface area (TPSA) is 72.9 Å². The zero-order valence-corrected chi connectivity index (χ0v) is 17.1. The van der Waals surface area contributed by atoms with E-state index in [1.54, 1.807) is 12.1 Å². The van der Waals surface area contributed by atoms with Crippen molar-refractivity contribution in [1.29, 1.82) is 0 Å². The van der Waals surface area contributed by atoms with E-state index in [4.69, 9.17) is 44.3 Å². The molecule has 10 heteroatoms. The maximum absolute atomic E-state index is 12.4. The zero-order chi connectivity index (χ0) is 19.1. The maximum Gasteiger partial charge on any atom is 0.410 e. The van der Waals surface area contributed by atoms with Crippen molar-refractivity contribution in [3.8, 4) is 5.75 Å². The first-order chi connectivity index (χ1) is 12.1. The van der Waals surface area contributed by atoms with Gasteiger partial charge in [-0.2, -0.15) is 0 Å². The highest BCUT2D eigenvalue weighted by Crippen LogP contribution is 2.35. The largest absolute Gasteiger partial charge is 0.488 e. The van der Waals surface area contributed by atoms with Crippen LogP contribution in [0.2, 0.25) is 0 Å². The minimum absolute atomic E-state index is 0.0947. The first-order valence-corrected chi connectivity index (χ1v) is 10.9. The number of amides is 1. The molecule has 1 amide bonds. The number of hydrogen-bond acceptors (Lipinski definition) is 5. The highest BCUT2D eigenvalue weighted by atomic mass is 35.6. The smallest absolute Gasteiger partial charge is 0.410 e. The molecule has 2 heterocycles. The summed E-state index contributed by atoms with van der Waals surface area (Å²) < 4.78 is 33.6. The van der Waals surface area contributed by atoms with Crippen LogP contribution in [0.25, 0.3) is 0 Å². The molecule has 3 rings (SSSR count). The average molecular weight is 443 g/mol. The van der Waals surface area contributed by atoms with Gasteiger partial charge in [-0.3, -0.25) is 0 Å². The Bertz CT molecular complexity index is 822. The van der Waals surface area contributed by atoms with Crippen LogP contribution in [0.4, 0.5) is 4.79 Å². The minimum Gasteiger partial charge on any atom is -0.488 e. The summed E-state index contributed by atoms with van der Waals surface area (Å²) in [6, 6.07) is 3.37. The molecule has 0 spiro atoms. The van der Waals surface area contributed by atoms with Crippen molar-refractivity contribution in [2.75, 3.05) is 18.9 Å². The van der Waals surface area contributed by atoms with E-state index in [2.05, 4.69) is 0 Å². The number of ether oxygens (including phenoxy) is 2. The molecule has 2 aliphatic rings. The van der Waals surface area contributed by atoms with Gasteiger partial charge in [-0.25, -0.2) is 13.2 Å². The van der Waals surface area contributed by atoms with Crippen LogP contribution in [-0.4, -0.2) is 48.2 Å². The third kappa shape index (κ3) is 4.32. The lowest BCUT2D eigenvalue weighted by Gasteiger charge is -2.23. The fraction of sp³-hybridized carbons (Fsp3) is 0.562. The number of carbonyl (C=O) groups is 1. The molecule has 144 valence electrons. The van der Waals surface area contributed by atoms with Gasteiger partial charge in [0.15, 0.2) is 9.84 Å². The molecule has 0 aromatic heterocycles. The monoisotopic (exact) mass is 441 g/mol. The number of fused-ring (bicyclic) bond motifs is 2. The highest BCUT2D eigenvalue weighted by Gasteiger charge is 2.33. The van der Waals surface area contributed by atoms with Gasteiger partial charge in [0.1, 0.15) is 18.5 Å². The standard InChI is InChI=1S/C16H18Cl3NO5S/c1-2-12-8-20(15(21)24-9-16(17,18)19)7-11-5-10-3-4-26(22,23)14(10)6-13(11)25-12/h5-6,12H,2-4,7-9H2,1H3/t12-/m1/s1. The van der Waals surface area contributed by atoms with Gasteiger partial charge in [-0.05, 0) is 30.5 Å². The van der Waals surface area contributed by atoms with Gasteiger partial charge in [0, 0.05) is 5.56 Å². The van der Waals surface area contributed by atoms with Gasteiger partial charge in [0.05, 0.1) is 23.7 Å². The predicted octanol–water partition coefficient (Wildman–Crippen LogP) is 3.50. The number of nitrogens with zero attached hydrogens (tertiary/aromatic N) is 1. The molecule has 26 heavy (non-hydrogen) atoms. The van der Waals surface area contributed by atoms with Crippen LogP contribution < -0.4 is 4.74 Å². The molecule has 0 fully saturated rings. The van der Waals surface area contributed by atoms with Crippen molar-refractivity contribution in [3.05, 3.63) is 23.3 Å². The molecule has 0 radical (unpaired) electrons. The second-order valence-corrected chi connectivity index (χ2v) is 10.9. The fourth-order valence-electron chi connectivity index (χ4n) is 3.05. The Kier molecular flexibility index (Phi) is 5.55. The summed E-state index contributed by atoms with van der Waals surface area (Å²) in [7, 11) is -3.26. The van der Waals surface area contributed by atoms with Crippen molar-refractivity contribution >= 4 is 50.7 Å². The summed E-state index contributed by atoms with van der Waals surface area (Å²) in [6.07, 6.45) is 0.190. The second kappa shape index (κ2) is 7.26. The van der Waals surface area contributed by atoms with Crippen LogP contribution in [0.15, 0.2) is 17.0 Å². The summed E-state index contributed by atoms with van der Waals surface area (Å²) in [6.45, 7) is 2.09. The van der Waals surface area contributed by atoms with E-state index in [0.29, 0.717) is 30.0 Å². The molecular formula is C16H18Cl3NO5S. The van der Waals surface area contributed by atoms with Gasteiger partial charge >= 0.3 is 6.09 Å². The SMILES string of the molecule is CC[C@@H]1CN(C(=O)OCC(Cl)(Cl)Cl)Cc2cc3c(cc2O1)S(=O)(=O)CC3. The Labute approximate surface area is 167 Å². The number of sulfone groups is 1. The maximum atomic E-state index is 12.4. The summed E-state index contributed by atoms with van der Waals surface area (Å²) >= 11 is 16.9. The van der Waals surface area contributed by atoms with Gasteiger partial charge < -0.3 is 14.4 Å². The lowest BCUT2D eigenvalue weighted by atomic mass is 10.1. The molecule has 0 saturated heterocycles. The predicted molar refractivity (Wildman–Crippen MR) is 99.0 cm³/mol. The normalized spacial score (nSPS) is 21.4.